The zero-order valence-electron chi connectivity index (χ0n) is 11.8. The number of ether oxygens (including phenoxy) is 2. The summed E-state index contributed by atoms with van der Waals surface area (Å²) in [5.74, 6) is 1.64. The molecule has 0 aromatic heterocycles. The molecule has 2 bridgehead atoms. The highest BCUT2D eigenvalue weighted by atomic mass is 16.5. The first-order chi connectivity index (χ1) is 9.31. The molecule has 0 saturated carbocycles. The van der Waals surface area contributed by atoms with Gasteiger partial charge >= 0.3 is 0 Å². The molecule has 2 aliphatic heterocycles. The predicted molar refractivity (Wildman–Crippen MR) is 75.5 cm³/mol. The summed E-state index contributed by atoms with van der Waals surface area (Å²) in [7, 11) is 3.81. The van der Waals surface area contributed by atoms with Crippen LogP contribution in [0.1, 0.15) is 24.8 Å². The Hall–Kier alpha value is -1.06. The molecule has 3 nitrogen and oxygen atoms in total. The number of fused-ring (bicyclic) bond motifs is 2. The molecule has 0 aliphatic carbocycles. The van der Waals surface area contributed by atoms with Gasteiger partial charge in [-0.05, 0) is 44.4 Å². The molecule has 2 aliphatic rings. The van der Waals surface area contributed by atoms with E-state index in [-0.39, 0.29) is 0 Å². The van der Waals surface area contributed by atoms with E-state index in [1.807, 2.05) is 12.1 Å². The van der Waals surface area contributed by atoms with Crippen molar-refractivity contribution in [1.82, 2.24) is 5.32 Å². The van der Waals surface area contributed by atoms with Crippen LogP contribution in [0.3, 0.4) is 0 Å². The fourth-order valence-corrected chi connectivity index (χ4v) is 3.68. The van der Waals surface area contributed by atoms with E-state index in [2.05, 4.69) is 24.5 Å². The maximum Gasteiger partial charge on any atom is 0.122 e. The van der Waals surface area contributed by atoms with E-state index in [0.717, 1.165) is 12.2 Å². The van der Waals surface area contributed by atoms with E-state index in [1.54, 1.807) is 7.11 Å². The summed E-state index contributed by atoms with van der Waals surface area (Å²) in [5, 5.41) is 3.49. The largest absolute Gasteiger partial charge is 0.496 e. The second kappa shape index (κ2) is 5.51. The van der Waals surface area contributed by atoms with E-state index < -0.39 is 0 Å². The van der Waals surface area contributed by atoms with Gasteiger partial charge in [0.1, 0.15) is 5.75 Å². The molecule has 4 unspecified atom stereocenters. The number of hydrogen-bond donors (Lipinski definition) is 1. The van der Waals surface area contributed by atoms with Crippen LogP contribution < -0.4 is 10.1 Å². The van der Waals surface area contributed by atoms with Crippen LogP contribution >= 0.6 is 0 Å². The average molecular weight is 261 g/mol. The molecule has 3 rings (SSSR count). The number of hydrogen-bond acceptors (Lipinski definition) is 3. The number of nitrogens with one attached hydrogen (secondary N) is 1. The summed E-state index contributed by atoms with van der Waals surface area (Å²) in [6.07, 6.45) is 5.70. The fourth-order valence-electron chi connectivity index (χ4n) is 3.68. The molecule has 3 heteroatoms. The van der Waals surface area contributed by atoms with Crippen molar-refractivity contribution in [1.29, 1.82) is 0 Å². The van der Waals surface area contributed by atoms with Crippen molar-refractivity contribution in [3.63, 3.8) is 0 Å². The number of para-hydroxylation sites is 1. The molecule has 1 aromatic rings. The molecule has 2 saturated heterocycles. The lowest BCUT2D eigenvalue weighted by molar-refractivity contribution is 0.0863. The Morgan fingerprint density at radius 1 is 1.37 bits per heavy atom. The van der Waals surface area contributed by atoms with Crippen molar-refractivity contribution in [2.75, 3.05) is 14.2 Å². The lowest BCUT2D eigenvalue weighted by Crippen LogP contribution is -2.40. The smallest absolute Gasteiger partial charge is 0.122 e. The topological polar surface area (TPSA) is 30.5 Å². The maximum atomic E-state index is 5.99. The minimum Gasteiger partial charge on any atom is -0.496 e. The minimum absolute atomic E-state index is 0.470. The third-order valence-electron chi connectivity index (χ3n) is 4.67. The summed E-state index contributed by atoms with van der Waals surface area (Å²) in [4.78, 5) is 0. The average Bonchev–Trinajstić information content (AvgIpc) is 3.07. The normalized spacial score (nSPS) is 30.5. The van der Waals surface area contributed by atoms with Crippen LogP contribution in [0.5, 0.6) is 5.75 Å². The van der Waals surface area contributed by atoms with Crippen molar-refractivity contribution in [3.8, 4) is 5.75 Å². The van der Waals surface area contributed by atoms with Gasteiger partial charge in [-0.3, -0.25) is 0 Å². The molecule has 0 amide bonds. The molecule has 0 radical (unpaired) electrons. The fraction of sp³-hybridized carbons (Fsp3) is 0.625. The van der Waals surface area contributed by atoms with Crippen LogP contribution in [0.4, 0.5) is 0 Å². The van der Waals surface area contributed by atoms with Gasteiger partial charge in [0.05, 0.1) is 19.3 Å². The summed E-state index contributed by atoms with van der Waals surface area (Å²) in [6.45, 7) is 0. The van der Waals surface area contributed by atoms with Crippen LogP contribution in [0.15, 0.2) is 24.3 Å². The first-order valence-corrected chi connectivity index (χ1v) is 7.26. The minimum atomic E-state index is 0.470. The van der Waals surface area contributed by atoms with Crippen LogP contribution in [-0.4, -0.2) is 32.4 Å². The Balaban J connectivity index is 1.73. The van der Waals surface area contributed by atoms with Crippen LogP contribution in [0, 0.1) is 5.92 Å². The molecular formula is C16H23NO2. The highest BCUT2D eigenvalue weighted by molar-refractivity contribution is 5.34. The second-order valence-corrected chi connectivity index (χ2v) is 5.68. The highest BCUT2D eigenvalue weighted by Gasteiger charge is 2.43. The summed E-state index contributed by atoms with van der Waals surface area (Å²) in [6, 6.07) is 8.79. The number of methoxy groups -OCH3 is 1. The summed E-state index contributed by atoms with van der Waals surface area (Å²) in [5.41, 5.74) is 1.28. The Labute approximate surface area is 115 Å². The zero-order chi connectivity index (χ0) is 13.2. The molecule has 2 heterocycles. The summed E-state index contributed by atoms with van der Waals surface area (Å²) >= 11 is 0. The SMILES string of the molecule is CNC(Cc1ccccc1OC)C1CC2CCC1O2. The zero-order valence-corrected chi connectivity index (χ0v) is 11.8. The Morgan fingerprint density at radius 3 is 2.84 bits per heavy atom. The van der Waals surface area contributed by atoms with Crippen LogP contribution in [0.2, 0.25) is 0 Å². The maximum absolute atomic E-state index is 5.99. The first kappa shape index (κ1) is 12.9. The molecular weight excluding hydrogens is 238 g/mol. The quantitative estimate of drug-likeness (QED) is 0.883. The molecule has 1 aromatic carbocycles. The van der Waals surface area contributed by atoms with Gasteiger partial charge in [0, 0.05) is 12.0 Å². The molecule has 2 fully saturated rings. The highest BCUT2D eigenvalue weighted by Crippen LogP contribution is 2.41. The van der Waals surface area contributed by atoms with E-state index >= 15 is 0 Å². The van der Waals surface area contributed by atoms with E-state index in [1.165, 1.54) is 24.8 Å². The van der Waals surface area contributed by atoms with Gasteiger partial charge in [-0.2, -0.15) is 0 Å². The molecule has 4 atom stereocenters. The van der Waals surface area contributed by atoms with Crippen molar-refractivity contribution < 1.29 is 9.47 Å². The third kappa shape index (κ3) is 2.49. The van der Waals surface area contributed by atoms with Gasteiger partial charge in [0.15, 0.2) is 0 Å². The predicted octanol–water partition coefficient (Wildman–Crippen LogP) is 2.39. The standard InChI is InChI=1S/C16H23NO2/c1-17-14(13-10-12-7-8-16(13)19-12)9-11-5-3-4-6-15(11)18-2/h3-6,12-14,16-17H,7-10H2,1-2H3. The van der Waals surface area contributed by atoms with Crippen molar-refractivity contribution >= 4 is 0 Å². The van der Waals surface area contributed by atoms with Crippen molar-refractivity contribution in [2.45, 2.75) is 43.9 Å². The van der Waals surface area contributed by atoms with Crippen molar-refractivity contribution in [3.05, 3.63) is 29.8 Å². The van der Waals surface area contributed by atoms with E-state index in [0.29, 0.717) is 24.2 Å². The Morgan fingerprint density at radius 2 is 2.21 bits per heavy atom. The molecule has 104 valence electrons. The number of benzene rings is 1. The molecule has 19 heavy (non-hydrogen) atoms. The van der Waals surface area contributed by atoms with Gasteiger partial charge < -0.3 is 14.8 Å². The van der Waals surface area contributed by atoms with Crippen molar-refractivity contribution in [2.24, 2.45) is 5.92 Å². The van der Waals surface area contributed by atoms with Gasteiger partial charge in [-0.1, -0.05) is 18.2 Å². The Bertz CT molecular complexity index is 435. The summed E-state index contributed by atoms with van der Waals surface area (Å²) < 4.78 is 11.4. The lowest BCUT2D eigenvalue weighted by atomic mass is 9.81. The van der Waals surface area contributed by atoms with Gasteiger partial charge in [-0.15, -0.1) is 0 Å². The van der Waals surface area contributed by atoms with Crippen LogP contribution in [-0.2, 0) is 11.2 Å². The van der Waals surface area contributed by atoms with E-state index in [9.17, 15) is 0 Å². The first-order valence-electron chi connectivity index (χ1n) is 7.26. The van der Waals surface area contributed by atoms with E-state index in [4.69, 9.17) is 9.47 Å². The number of rotatable bonds is 5. The lowest BCUT2D eigenvalue weighted by Gasteiger charge is -2.28. The molecule has 1 N–H and O–H groups in total. The van der Waals surface area contributed by atoms with Gasteiger partial charge in [0.2, 0.25) is 0 Å². The number of likely N-dealkylation sites (N-methyl/N-ethyl adjacent to an activating group) is 1. The molecule has 0 spiro atoms. The monoisotopic (exact) mass is 261 g/mol. The second-order valence-electron chi connectivity index (χ2n) is 5.68. The van der Waals surface area contributed by atoms with Crippen LogP contribution in [0.25, 0.3) is 0 Å². The van der Waals surface area contributed by atoms with Gasteiger partial charge in [0.25, 0.3) is 0 Å². The Kier molecular flexibility index (Phi) is 3.76. The third-order valence-corrected chi connectivity index (χ3v) is 4.67. The van der Waals surface area contributed by atoms with Gasteiger partial charge in [-0.25, -0.2) is 0 Å².